The van der Waals surface area contributed by atoms with Crippen LogP contribution in [0.3, 0.4) is 0 Å². The van der Waals surface area contributed by atoms with E-state index in [9.17, 15) is 0 Å². The first-order valence-corrected chi connectivity index (χ1v) is 6.31. The maximum atomic E-state index is 5.80. The molecule has 2 aromatic rings. The quantitative estimate of drug-likeness (QED) is 0.886. The van der Waals surface area contributed by atoms with Gasteiger partial charge in [-0.3, -0.25) is 0 Å². The first-order chi connectivity index (χ1) is 7.70. The molecular weight excluding hydrogens is 218 g/mol. The molecule has 3 nitrogen and oxygen atoms in total. The molecule has 0 spiro atoms. The van der Waals surface area contributed by atoms with Gasteiger partial charge in [0, 0.05) is 22.7 Å². The van der Waals surface area contributed by atoms with Gasteiger partial charge in [0.05, 0.1) is 0 Å². The zero-order valence-corrected chi connectivity index (χ0v) is 10.3. The van der Waals surface area contributed by atoms with Gasteiger partial charge in [0.1, 0.15) is 5.82 Å². The van der Waals surface area contributed by atoms with Gasteiger partial charge in [-0.15, -0.1) is 0 Å². The minimum Gasteiger partial charge on any atom is -0.384 e. The van der Waals surface area contributed by atoms with Crippen molar-refractivity contribution >= 4 is 17.2 Å². The van der Waals surface area contributed by atoms with Gasteiger partial charge in [-0.25, -0.2) is 9.97 Å². The Kier molecular flexibility index (Phi) is 3.19. The van der Waals surface area contributed by atoms with E-state index in [1.54, 1.807) is 11.3 Å². The van der Waals surface area contributed by atoms with Crippen molar-refractivity contribution in [3.05, 3.63) is 28.1 Å². The van der Waals surface area contributed by atoms with Gasteiger partial charge in [0.15, 0.2) is 5.82 Å². The van der Waals surface area contributed by atoms with E-state index in [0.29, 0.717) is 5.82 Å². The summed E-state index contributed by atoms with van der Waals surface area (Å²) in [5, 5.41) is 4.17. The third-order valence-electron chi connectivity index (χ3n) is 2.40. The fourth-order valence-electron chi connectivity index (χ4n) is 1.61. The molecule has 0 unspecified atom stereocenters. The molecule has 0 radical (unpaired) electrons. The maximum Gasteiger partial charge on any atom is 0.162 e. The Morgan fingerprint density at radius 2 is 2.12 bits per heavy atom. The van der Waals surface area contributed by atoms with Crippen molar-refractivity contribution < 1.29 is 0 Å². The summed E-state index contributed by atoms with van der Waals surface area (Å²) in [6.45, 7) is 4.20. The summed E-state index contributed by atoms with van der Waals surface area (Å²) in [6.07, 6.45) is 2.02. The van der Waals surface area contributed by atoms with Crippen LogP contribution in [-0.4, -0.2) is 9.97 Å². The third kappa shape index (κ3) is 2.22. The van der Waals surface area contributed by atoms with Gasteiger partial charge in [-0.2, -0.15) is 11.3 Å². The van der Waals surface area contributed by atoms with E-state index in [-0.39, 0.29) is 0 Å². The number of rotatable bonds is 3. The van der Waals surface area contributed by atoms with Crippen molar-refractivity contribution in [2.45, 2.75) is 26.7 Å². The van der Waals surface area contributed by atoms with Crippen molar-refractivity contribution in [3.8, 4) is 11.4 Å². The molecule has 16 heavy (non-hydrogen) atoms. The maximum absolute atomic E-state index is 5.80. The zero-order chi connectivity index (χ0) is 11.5. The summed E-state index contributed by atoms with van der Waals surface area (Å²) >= 11 is 1.67. The van der Waals surface area contributed by atoms with Gasteiger partial charge in [0.2, 0.25) is 0 Å². The average molecular weight is 233 g/mol. The van der Waals surface area contributed by atoms with E-state index in [2.05, 4.69) is 34.6 Å². The van der Waals surface area contributed by atoms with Crippen LogP contribution in [0.2, 0.25) is 0 Å². The smallest absolute Gasteiger partial charge is 0.162 e. The first-order valence-electron chi connectivity index (χ1n) is 5.37. The minimum absolute atomic E-state index is 0.555. The Bertz CT molecular complexity index is 491. The molecule has 84 valence electrons. The van der Waals surface area contributed by atoms with Crippen LogP contribution < -0.4 is 5.73 Å². The molecule has 0 aliphatic carbocycles. The van der Waals surface area contributed by atoms with Gasteiger partial charge < -0.3 is 5.73 Å². The number of anilines is 1. The number of thiophene rings is 1. The molecule has 0 aromatic carbocycles. The van der Waals surface area contributed by atoms with E-state index in [1.807, 2.05) is 6.07 Å². The number of nitrogens with two attached hydrogens (primary N) is 1. The molecule has 2 N–H and O–H groups in total. The summed E-state index contributed by atoms with van der Waals surface area (Å²) in [7, 11) is 0. The van der Waals surface area contributed by atoms with Crippen LogP contribution in [-0.2, 0) is 6.42 Å². The summed E-state index contributed by atoms with van der Waals surface area (Å²) < 4.78 is 0. The standard InChI is InChI=1S/C12H15N3S/c1-3-4-9-5-11(13)15-12(14-9)10-7-16-6-8(10)2/h5-7H,3-4H2,1-2H3,(H2,13,14,15). The molecule has 4 heteroatoms. The largest absolute Gasteiger partial charge is 0.384 e. The molecule has 0 saturated carbocycles. The molecule has 0 atom stereocenters. The SMILES string of the molecule is CCCc1cc(N)nc(-c2cscc2C)n1. The third-order valence-corrected chi connectivity index (χ3v) is 3.26. The Hall–Kier alpha value is -1.42. The molecule has 0 bridgehead atoms. The fourth-order valence-corrected chi connectivity index (χ4v) is 2.44. The minimum atomic E-state index is 0.555. The molecule has 2 heterocycles. The second-order valence-electron chi connectivity index (χ2n) is 3.83. The van der Waals surface area contributed by atoms with Crippen molar-refractivity contribution in [1.82, 2.24) is 9.97 Å². The number of aryl methyl sites for hydroxylation is 2. The number of hydrogen-bond donors (Lipinski definition) is 1. The predicted molar refractivity (Wildman–Crippen MR) is 68.5 cm³/mol. The van der Waals surface area contributed by atoms with Gasteiger partial charge in [0.25, 0.3) is 0 Å². The van der Waals surface area contributed by atoms with Crippen LogP contribution in [0.4, 0.5) is 5.82 Å². The molecular formula is C12H15N3S. The lowest BCUT2D eigenvalue weighted by molar-refractivity contribution is 0.877. The van der Waals surface area contributed by atoms with Crippen LogP contribution in [0.15, 0.2) is 16.8 Å². The van der Waals surface area contributed by atoms with Gasteiger partial charge >= 0.3 is 0 Å². The Balaban J connectivity index is 2.45. The Labute approximate surface area is 99.4 Å². The summed E-state index contributed by atoms with van der Waals surface area (Å²) in [5.41, 5.74) is 9.12. The second-order valence-corrected chi connectivity index (χ2v) is 4.57. The Morgan fingerprint density at radius 3 is 2.75 bits per heavy atom. The van der Waals surface area contributed by atoms with Crippen molar-refractivity contribution in [3.63, 3.8) is 0 Å². The highest BCUT2D eigenvalue weighted by molar-refractivity contribution is 7.08. The number of nitrogens with zero attached hydrogens (tertiary/aromatic N) is 2. The van der Waals surface area contributed by atoms with Crippen LogP contribution >= 0.6 is 11.3 Å². The molecule has 2 rings (SSSR count). The van der Waals surface area contributed by atoms with Crippen molar-refractivity contribution in [2.24, 2.45) is 0 Å². The molecule has 2 aromatic heterocycles. The van der Waals surface area contributed by atoms with E-state index in [4.69, 9.17) is 5.73 Å². The molecule has 0 amide bonds. The predicted octanol–water partition coefficient (Wildman–Crippen LogP) is 3.05. The highest BCUT2D eigenvalue weighted by atomic mass is 32.1. The summed E-state index contributed by atoms with van der Waals surface area (Å²) in [4.78, 5) is 8.83. The lowest BCUT2D eigenvalue weighted by Gasteiger charge is -2.04. The van der Waals surface area contributed by atoms with Crippen LogP contribution in [0.1, 0.15) is 24.6 Å². The van der Waals surface area contributed by atoms with Crippen molar-refractivity contribution in [2.75, 3.05) is 5.73 Å². The van der Waals surface area contributed by atoms with E-state index >= 15 is 0 Å². The highest BCUT2D eigenvalue weighted by Gasteiger charge is 2.08. The number of nitrogen functional groups attached to an aromatic ring is 1. The van der Waals surface area contributed by atoms with E-state index in [0.717, 1.165) is 29.9 Å². The van der Waals surface area contributed by atoms with E-state index in [1.165, 1.54) is 5.56 Å². The molecule has 0 fully saturated rings. The Morgan fingerprint density at radius 1 is 1.31 bits per heavy atom. The monoisotopic (exact) mass is 233 g/mol. The first kappa shape index (κ1) is 11.1. The number of hydrogen-bond acceptors (Lipinski definition) is 4. The normalized spacial score (nSPS) is 10.6. The topological polar surface area (TPSA) is 51.8 Å². The van der Waals surface area contributed by atoms with Gasteiger partial charge in [-0.1, -0.05) is 13.3 Å². The second kappa shape index (κ2) is 4.61. The summed E-state index contributed by atoms with van der Waals surface area (Å²) in [5.74, 6) is 1.31. The zero-order valence-electron chi connectivity index (χ0n) is 9.53. The highest BCUT2D eigenvalue weighted by Crippen LogP contribution is 2.24. The lowest BCUT2D eigenvalue weighted by Crippen LogP contribution is -2.00. The van der Waals surface area contributed by atoms with Crippen molar-refractivity contribution in [1.29, 1.82) is 0 Å². The van der Waals surface area contributed by atoms with Gasteiger partial charge in [-0.05, 0) is 24.3 Å². The summed E-state index contributed by atoms with van der Waals surface area (Å²) in [6, 6.07) is 1.86. The van der Waals surface area contributed by atoms with Crippen LogP contribution in [0.25, 0.3) is 11.4 Å². The molecule has 0 saturated heterocycles. The fraction of sp³-hybridized carbons (Fsp3) is 0.333. The van der Waals surface area contributed by atoms with Crippen LogP contribution in [0.5, 0.6) is 0 Å². The number of aromatic nitrogens is 2. The lowest BCUT2D eigenvalue weighted by atomic mass is 10.2. The molecule has 0 aliphatic rings. The average Bonchev–Trinajstić information content (AvgIpc) is 2.64. The van der Waals surface area contributed by atoms with Crippen LogP contribution in [0, 0.1) is 6.92 Å². The van der Waals surface area contributed by atoms with E-state index < -0.39 is 0 Å². The molecule has 0 aliphatic heterocycles.